The summed E-state index contributed by atoms with van der Waals surface area (Å²) >= 11 is 0. The molecule has 0 atom stereocenters. The zero-order valence-electron chi connectivity index (χ0n) is 20.9. The fraction of sp³-hybridized carbons (Fsp3) is 0.500. The zero-order chi connectivity index (χ0) is 24.7. The van der Waals surface area contributed by atoms with Crippen LogP contribution in [0.5, 0.6) is 0 Å². The number of piperidine rings is 1. The minimum Gasteiger partial charge on any atom is -0.462 e. The topological polar surface area (TPSA) is 74.5 Å². The highest BCUT2D eigenvalue weighted by Crippen LogP contribution is 2.26. The monoisotopic (exact) mass is 493 g/mol. The van der Waals surface area contributed by atoms with E-state index in [0.29, 0.717) is 31.5 Å². The molecule has 0 saturated carbocycles. The molecule has 2 fully saturated rings. The number of hydrogen-bond donors (Lipinski definition) is 0. The number of esters is 1. The molecule has 2 aliphatic rings. The lowest BCUT2D eigenvalue weighted by Crippen LogP contribution is -2.38. The van der Waals surface area contributed by atoms with Gasteiger partial charge in [0.1, 0.15) is 11.5 Å². The fourth-order valence-corrected chi connectivity index (χ4v) is 4.92. The Morgan fingerprint density at radius 2 is 1.67 bits per heavy atom. The van der Waals surface area contributed by atoms with E-state index in [-0.39, 0.29) is 12.1 Å². The molecule has 36 heavy (non-hydrogen) atoms. The summed E-state index contributed by atoms with van der Waals surface area (Å²) in [4.78, 5) is 19.0. The standard InChI is InChI=1S/C28H35N3O5/c1-2-34-28(32)22-5-3-21(4-6-22)23-7-14-31-26(19-23)29-20-27(31)30-12-8-24(9-13-30)35-17-18-36-25-10-15-33-16-11-25/h3-7,14,19-20,24-25H,2,8-13,15-18H2,1H3. The Kier molecular flexibility index (Phi) is 8.15. The molecule has 5 rings (SSSR count). The number of hydrogen-bond acceptors (Lipinski definition) is 7. The van der Waals surface area contributed by atoms with Crippen molar-refractivity contribution in [1.29, 1.82) is 0 Å². The van der Waals surface area contributed by atoms with Gasteiger partial charge in [-0.25, -0.2) is 9.78 Å². The van der Waals surface area contributed by atoms with Gasteiger partial charge in [0.15, 0.2) is 0 Å². The lowest BCUT2D eigenvalue weighted by Gasteiger charge is -2.33. The average Bonchev–Trinajstić information content (AvgIpc) is 3.36. The Balaban J connectivity index is 1.14. The maximum Gasteiger partial charge on any atom is 0.338 e. The van der Waals surface area contributed by atoms with E-state index in [1.54, 1.807) is 12.1 Å². The molecule has 0 amide bonds. The number of ether oxygens (including phenoxy) is 4. The summed E-state index contributed by atoms with van der Waals surface area (Å²) in [7, 11) is 0. The van der Waals surface area contributed by atoms with Crippen molar-refractivity contribution in [1.82, 2.24) is 9.38 Å². The van der Waals surface area contributed by atoms with Gasteiger partial charge in [0, 0.05) is 32.5 Å². The van der Waals surface area contributed by atoms with Crippen LogP contribution in [0.4, 0.5) is 5.82 Å². The predicted molar refractivity (Wildman–Crippen MR) is 138 cm³/mol. The number of aromatic nitrogens is 2. The van der Waals surface area contributed by atoms with Crippen molar-refractivity contribution in [2.75, 3.05) is 51.0 Å². The summed E-state index contributed by atoms with van der Waals surface area (Å²) in [6, 6.07) is 11.7. The highest BCUT2D eigenvalue weighted by atomic mass is 16.5. The molecule has 1 aromatic carbocycles. The number of rotatable bonds is 9. The van der Waals surface area contributed by atoms with Gasteiger partial charge in [0.05, 0.1) is 43.8 Å². The highest BCUT2D eigenvalue weighted by Gasteiger charge is 2.22. The Morgan fingerprint density at radius 3 is 2.36 bits per heavy atom. The number of carbonyl (C=O) groups excluding carboxylic acids is 1. The van der Waals surface area contributed by atoms with Crippen molar-refractivity contribution >= 4 is 17.4 Å². The fourth-order valence-electron chi connectivity index (χ4n) is 4.92. The molecule has 0 bridgehead atoms. The summed E-state index contributed by atoms with van der Waals surface area (Å²) in [5, 5.41) is 0. The van der Waals surface area contributed by atoms with Crippen molar-refractivity contribution in [2.24, 2.45) is 0 Å². The van der Waals surface area contributed by atoms with E-state index < -0.39 is 0 Å². The van der Waals surface area contributed by atoms with Gasteiger partial charge < -0.3 is 23.8 Å². The molecule has 8 nitrogen and oxygen atoms in total. The molecule has 4 heterocycles. The van der Waals surface area contributed by atoms with Crippen LogP contribution in [0.2, 0.25) is 0 Å². The minimum absolute atomic E-state index is 0.280. The van der Waals surface area contributed by atoms with E-state index in [1.165, 1.54) is 0 Å². The lowest BCUT2D eigenvalue weighted by atomic mass is 10.1. The molecule has 3 aromatic rings. The summed E-state index contributed by atoms with van der Waals surface area (Å²) < 4.78 is 24.6. The van der Waals surface area contributed by atoms with E-state index in [0.717, 1.165) is 74.6 Å². The molecule has 0 aliphatic carbocycles. The Hall–Kier alpha value is -2.94. The number of nitrogens with zero attached hydrogens (tertiary/aromatic N) is 3. The minimum atomic E-state index is -0.296. The molecular weight excluding hydrogens is 458 g/mol. The van der Waals surface area contributed by atoms with Crippen LogP contribution in [0, 0.1) is 0 Å². The van der Waals surface area contributed by atoms with Crippen LogP contribution in [-0.4, -0.2) is 73.7 Å². The lowest BCUT2D eigenvalue weighted by molar-refractivity contribution is -0.0625. The first-order valence-electron chi connectivity index (χ1n) is 13.0. The third kappa shape index (κ3) is 5.88. The van der Waals surface area contributed by atoms with Gasteiger partial charge in [0.2, 0.25) is 0 Å². The molecular formula is C28H35N3O5. The summed E-state index contributed by atoms with van der Waals surface area (Å²) in [5.74, 6) is 0.811. The molecule has 192 valence electrons. The van der Waals surface area contributed by atoms with Gasteiger partial charge in [-0.2, -0.15) is 0 Å². The quantitative estimate of drug-likeness (QED) is 0.324. The number of imidazole rings is 1. The molecule has 8 heteroatoms. The Bertz CT molecular complexity index is 1130. The normalized spacial score (nSPS) is 17.5. The largest absolute Gasteiger partial charge is 0.462 e. The first-order valence-corrected chi connectivity index (χ1v) is 13.0. The molecule has 0 spiro atoms. The van der Waals surface area contributed by atoms with Crippen LogP contribution < -0.4 is 4.90 Å². The third-order valence-corrected chi connectivity index (χ3v) is 6.95. The molecule has 2 saturated heterocycles. The van der Waals surface area contributed by atoms with E-state index in [2.05, 4.69) is 32.6 Å². The van der Waals surface area contributed by atoms with Crippen LogP contribution in [-0.2, 0) is 18.9 Å². The summed E-state index contributed by atoms with van der Waals surface area (Å²) in [6.07, 6.45) is 8.59. The van der Waals surface area contributed by atoms with Crippen LogP contribution in [0.15, 0.2) is 48.8 Å². The van der Waals surface area contributed by atoms with Crippen molar-refractivity contribution in [3.8, 4) is 11.1 Å². The van der Waals surface area contributed by atoms with E-state index in [1.807, 2.05) is 25.3 Å². The van der Waals surface area contributed by atoms with Gasteiger partial charge in [0.25, 0.3) is 0 Å². The molecule has 2 aromatic heterocycles. The molecule has 0 radical (unpaired) electrons. The molecule has 2 aliphatic heterocycles. The number of carbonyl (C=O) groups is 1. The van der Waals surface area contributed by atoms with Gasteiger partial charge in [-0.15, -0.1) is 0 Å². The maximum atomic E-state index is 11.9. The van der Waals surface area contributed by atoms with E-state index in [4.69, 9.17) is 18.9 Å². The van der Waals surface area contributed by atoms with Crippen LogP contribution in [0.3, 0.4) is 0 Å². The predicted octanol–water partition coefficient (Wildman–Crippen LogP) is 4.36. The van der Waals surface area contributed by atoms with Crippen molar-refractivity contribution in [3.63, 3.8) is 0 Å². The van der Waals surface area contributed by atoms with Crippen LogP contribution in [0.1, 0.15) is 43.0 Å². The zero-order valence-corrected chi connectivity index (χ0v) is 20.9. The number of fused-ring (bicyclic) bond motifs is 1. The van der Waals surface area contributed by atoms with Crippen LogP contribution in [0.25, 0.3) is 16.8 Å². The Morgan fingerprint density at radius 1 is 0.972 bits per heavy atom. The smallest absolute Gasteiger partial charge is 0.338 e. The maximum absolute atomic E-state index is 11.9. The second-order valence-corrected chi connectivity index (χ2v) is 9.30. The first kappa shape index (κ1) is 24.7. The number of pyridine rings is 1. The summed E-state index contributed by atoms with van der Waals surface area (Å²) in [6.45, 7) is 6.98. The van der Waals surface area contributed by atoms with Gasteiger partial charge in [-0.05, 0) is 68.0 Å². The van der Waals surface area contributed by atoms with Crippen molar-refractivity contribution in [3.05, 3.63) is 54.4 Å². The number of benzene rings is 1. The third-order valence-electron chi connectivity index (χ3n) is 6.95. The van der Waals surface area contributed by atoms with Gasteiger partial charge >= 0.3 is 5.97 Å². The first-order chi connectivity index (χ1) is 17.7. The SMILES string of the molecule is CCOC(=O)c1ccc(-c2ccn3c(N4CCC(OCCOC5CCOCC5)CC4)cnc3c2)cc1. The average molecular weight is 494 g/mol. The molecule has 0 N–H and O–H groups in total. The van der Waals surface area contributed by atoms with E-state index >= 15 is 0 Å². The second kappa shape index (κ2) is 11.9. The van der Waals surface area contributed by atoms with Crippen molar-refractivity contribution < 1.29 is 23.7 Å². The highest BCUT2D eigenvalue weighted by molar-refractivity contribution is 5.90. The van der Waals surface area contributed by atoms with E-state index in [9.17, 15) is 4.79 Å². The number of anilines is 1. The second-order valence-electron chi connectivity index (χ2n) is 9.30. The molecule has 0 unspecified atom stereocenters. The van der Waals surface area contributed by atoms with Crippen molar-refractivity contribution in [2.45, 2.75) is 44.8 Å². The Labute approximate surface area is 212 Å². The summed E-state index contributed by atoms with van der Waals surface area (Å²) in [5.41, 5.74) is 3.56. The van der Waals surface area contributed by atoms with Gasteiger partial charge in [-0.1, -0.05) is 12.1 Å². The van der Waals surface area contributed by atoms with Gasteiger partial charge in [-0.3, -0.25) is 4.40 Å². The van der Waals surface area contributed by atoms with Crippen LogP contribution >= 0.6 is 0 Å².